The fourth-order valence-corrected chi connectivity index (χ4v) is 4.15. The molecule has 2 aliphatic carbocycles. The van der Waals surface area contributed by atoms with E-state index in [4.69, 9.17) is 0 Å². The van der Waals surface area contributed by atoms with Gasteiger partial charge >= 0.3 is 0 Å². The van der Waals surface area contributed by atoms with E-state index >= 15 is 0 Å². The average Bonchev–Trinajstić information content (AvgIpc) is 3.00. The van der Waals surface area contributed by atoms with Gasteiger partial charge in [-0.15, -0.1) is 0 Å². The molecule has 1 saturated carbocycles. The first kappa shape index (κ1) is 15.1. The molecule has 1 N–H and O–H groups in total. The van der Waals surface area contributed by atoms with E-state index in [0.717, 1.165) is 30.2 Å². The van der Waals surface area contributed by atoms with Gasteiger partial charge < -0.3 is 10.2 Å². The van der Waals surface area contributed by atoms with Crippen LogP contribution in [0.15, 0.2) is 12.2 Å². The Morgan fingerprint density at radius 1 is 1.16 bits per heavy atom. The molecule has 0 aromatic carbocycles. The summed E-state index contributed by atoms with van der Waals surface area (Å²) in [6, 6.07) is 0.684. The number of hydrogen-bond acceptors (Lipinski definition) is 2. The van der Waals surface area contributed by atoms with Gasteiger partial charge in [0.2, 0.25) is 0 Å². The molecule has 0 aromatic rings. The Hall–Kier alpha value is -0.340. The summed E-state index contributed by atoms with van der Waals surface area (Å²) in [4.78, 5) is 2.41. The molecule has 110 valence electrons. The molecule has 19 heavy (non-hydrogen) atoms. The van der Waals surface area contributed by atoms with Crippen LogP contribution in [0.5, 0.6) is 0 Å². The molecule has 0 aromatic heterocycles. The third-order valence-corrected chi connectivity index (χ3v) is 5.43. The highest BCUT2D eigenvalue weighted by Gasteiger charge is 2.35. The van der Waals surface area contributed by atoms with Crippen LogP contribution >= 0.6 is 0 Å². The maximum absolute atomic E-state index is 3.77. The van der Waals surface area contributed by atoms with Gasteiger partial charge in [-0.05, 0) is 57.2 Å². The van der Waals surface area contributed by atoms with Gasteiger partial charge in [-0.1, -0.05) is 38.8 Å². The third kappa shape index (κ3) is 3.61. The smallest absolute Gasteiger partial charge is 0.0242 e. The topological polar surface area (TPSA) is 15.3 Å². The van der Waals surface area contributed by atoms with E-state index in [-0.39, 0.29) is 0 Å². The number of rotatable bonds is 8. The molecule has 0 radical (unpaired) electrons. The molecular weight excluding hydrogens is 232 g/mol. The lowest BCUT2D eigenvalue weighted by molar-refractivity contribution is 0.191. The minimum atomic E-state index is 0.684. The Morgan fingerprint density at radius 2 is 1.89 bits per heavy atom. The average molecular weight is 264 g/mol. The molecule has 0 spiro atoms. The van der Waals surface area contributed by atoms with Crippen LogP contribution in [-0.2, 0) is 0 Å². The van der Waals surface area contributed by atoms with Crippen molar-refractivity contribution in [3.63, 3.8) is 0 Å². The highest BCUT2D eigenvalue weighted by molar-refractivity contribution is 5.10. The first-order valence-corrected chi connectivity index (χ1v) is 8.21. The van der Waals surface area contributed by atoms with Gasteiger partial charge in [-0.3, -0.25) is 0 Å². The number of nitrogens with zero attached hydrogens (tertiary/aromatic N) is 1. The highest BCUT2D eigenvalue weighted by atomic mass is 15.1. The number of allylic oxidation sites excluding steroid dienone is 2. The summed E-state index contributed by atoms with van der Waals surface area (Å²) < 4.78 is 0. The lowest BCUT2D eigenvalue weighted by atomic mass is 9.91. The lowest BCUT2D eigenvalue weighted by Crippen LogP contribution is -2.44. The van der Waals surface area contributed by atoms with Crippen LogP contribution in [0.4, 0.5) is 0 Å². The molecule has 4 unspecified atom stereocenters. The molecule has 2 rings (SSSR count). The Labute approximate surface area is 119 Å². The van der Waals surface area contributed by atoms with E-state index in [1.54, 1.807) is 0 Å². The van der Waals surface area contributed by atoms with Crippen LogP contribution in [0.1, 0.15) is 39.5 Å². The van der Waals surface area contributed by atoms with Gasteiger partial charge in [0.25, 0.3) is 0 Å². The van der Waals surface area contributed by atoms with Crippen LogP contribution in [0.3, 0.4) is 0 Å². The van der Waals surface area contributed by atoms with Crippen LogP contribution in [0, 0.1) is 23.7 Å². The summed E-state index contributed by atoms with van der Waals surface area (Å²) in [6.07, 6.45) is 10.3. The summed E-state index contributed by atoms with van der Waals surface area (Å²) in [5, 5.41) is 3.77. The van der Waals surface area contributed by atoms with Crippen molar-refractivity contribution in [1.29, 1.82) is 0 Å². The van der Waals surface area contributed by atoms with Gasteiger partial charge in [0, 0.05) is 12.6 Å². The van der Waals surface area contributed by atoms with Crippen LogP contribution in [0.25, 0.3) is 0 Å². The Kier molecular flexibility index (Phi) is 5.47. The number of likely N-dealkylation sites (N-methyl/N-ethyl adjacent to an activating group) is 1. The molecule has 0 heterocycles. The van der Waals surface area contributed by atoms with Crippen molar-refractivity contribution in [2.45, 2.75) is 45.6 Å². The van der Waals surface area contributed by atoms with Crippen molar-refractivity contribution in [2.75, 3.05) is 27.2 Å². The zero-order valence-electron chi connectivity index (χ0n) is 13.2. The normalized spacial score (nSPS) is 30.7. The molecule has 2 bridgehead atoms. The standard InChI is InChI=1S/C17H32N2/c1-5-14(6-2)17(19(3)4)12-18-11-16-10-13-7-8-15(16)9-13/h7-8,13-18H,5-6,9-12H2,1-4H3. The van der Waals surface area contributed by atoms with Gasteiger partial charge in [-0.25, -0.2) is 0 Å². The van der Waals surface area contributed by atoms with Gasteiger partial charge in [0.05, 0.1) is 0 Å². The van der Waals surface area contributed by atoms with E-state index in [9.17, 15) is 0 Å². The van der Waals surface area contributed by atoms with Crippen molar-refractivity contribution >= 4 is 0 Å². The molecule has 0 saturated heterocycles. The largest absolute Gasteiger partial charge is 0.315 e. The van der Waals surface area contributed by atoms with E-state index < -0.39 is 0 Å². The second-order valence-corrected chi connectivity index (χ2v) is 6.81. The van der Waals surface area contributed by atoms with Crippen molar-refractivity contribution < 1.29 is 0 Å². The summed E-state index contributed by atoms with van der Waals surface area (Å²) in [5.74, 6) is 3.51. The van der Waals surface area contributed by atoms with Gasteiger partial charge in [-0.2, -0.15) is 0 Å². The van der Waals surface area contributed by atoms with Crippen molar-refractivity contribution in [3.8, 4) is 0 Å². The number of nitrogens with one attached hydrogen (secondary N) is 1. The van der Waals surface area contributed by atoms with Gasteiger partial charge in [0.15, 0.2) is 0 Å². The first-order valence-electron chi connectivity index (χ1n) is 8.21. The fraction of sp³-hybridized carbons (Fsp3) is 0.882. The third-order valence-electron chi connectivity index (χ3n) is 5.43. The maximum atomic E-state index is 3.77. The van der Waals surface area contributed by atoms with Crippen LogP contribution in [-0.4, -0.2) is 38.1 Å². The van der Waals surface area contributed by atoms with Crippen LogP contribution in [0.2, 0.25) is 0 Å². The molecule has 1 fully saturated rings. The Morgan fingerprint density at radius 3 is 2.37 bits per heavy atom. The van der Waals surface area contributed by atoms with Crippen molar-refractivity contribution in [2.24, 2.45) is 23.7 Å². The SMILES string of the molecule is CCC(CC)C(CNCC1CC2C=CC1C2)N(C)C. The molecule has 2 nitrogen and oxygen atoms in total. The van der Waals surface area contributed by atoms with E-state index in [1.165, 1.54) is 32.2 Å². The predicted octanol–water partition coefficient (Wildman–Crippen LogP) is 3.15. The quantitative estimate of drug-likeness (QED) is 0.678. The first-order chi connectivity index (χ1) is 9.15. The minimum Gasteiger partial charge on any atom is -0.315 e. The zero-order chi connectivity index (χ0) is 13.8. The van der Waals surface area contributed by atoms with E-state index in [2.05, 4.69) is 50.3 Å². The molecular formula is C17H32N2. The Bertz CT molecular complexity index is 294. The molecule has 2 aliphatic rings. The van der Waals surface area contributed by atoms with E-state index in [0.29, 0.717) is 6.04 Å². The number of hydrogen-bond donors (Lipinski definition) is 1. The Balaban J connectivity index is 1.75. The predicted molar refractivity (Wildman–Crippen MR) is 83.3 cm³/mol. The highest BCUT2D eigenvalue weighted by Crippen LogP contribution is 2.42. The summed E-state index contributed by atoms with van der Waals surface area (Å²) in [6.45, 7) is 7.02. The molecule has 0 aliphatic heterocycles. The van der Waals surface area contributed by atoms with Gasteiger partial charge in [0.1, 0.15) is 0 Å². The summed E-state index contributed by atoms with van der Waals surface area (Å²) in [7, 11) is 4.45. The van der Waals surface area contributed by atoms with Crippen molar-refractivity contribution in [1.82, 2.24) is 10.2 Å². The van der Waals surface area contributed by atoms with Crippen LogP contribution < -0.4 is 5.32 Å². The minimum absolute atomic E-state index is 0.684. The number of fused-ring (bicyclic) bond motifs is 2. The summed E-state index contributed by atoms with van der Waals surface area (Å²) >= 11 is 0. The monoisotopic (exact) mass is 264 g/mol. The molecule has 2 heteroatoms. The van der Waals surface area contributed by atoms with Crippen molar-refractivity contribution in [3.05, 3.63) is 12.2 Å². The molecule has 0 amide bonds. The second-order valence-electron chi connectivity index (χ2n) is 6.81. The maximum Gasteiger partial charge on any atom is 0.0242 e. The summed E-state index contributed by atoms with van der Waals surface area (Å²) in [5.41, 5.74) is 0. The lowest BCUT2D eigenvalue weighted by Gasteiger charge is -2.32. The second kappa shape index (κ2) is 6.90. The fourth-order valence-electron chi connectivity index (χ4n) is 4.15. The zero-order valence-corrected chi connectivity index (χ0v) is 13.2. The molecule has 4 atom stereocenters. The van der Waals surface area contributed by atoms with E-state index in [1.807, 2.05) is 0 Å².